The van der Waals surface area contributed by atoms with Gasteiger partial charge in [-0.3, -0.25) is 4.90 Å². The fraction of sp³-hybridized carbons (Fsp3) is 0.273. The van der Waals surface area contributed by atoms with Crippen LogP contribution in [-0.4, -0.2) is 39.1 Å². The zero-order valence-corrected chi connectivity index (χ0v) is 17.3. The van der Waals surface area contributed by atoms with Crippen LogP contribution in [0.1, 0.15) is 18.5 Å². The van der Waals surface area contributed by atoms with Crippen molar-refractivity contribution in [2.75, 3.05) is 32.0 Å². The van der Waals surface area contributed by atoms with Gasteiger partial charge in [-0.15, -0.1) is 0 Å². The quantitative estimate of drug-likeness (QED) is 0.541. The summed E-state index contributed by atoms with van der Waals surface area (Å²) in [7, 11) is 1.44. The van der Waals surface area contributed by atoms with Crippen molar-refractivity contribution < 1.29 is 37.3 Å². The summed E-state index contributed by atoms with van der Waals surface area (Å²) in [6.45, 7) is 1.61. The van der Waals surface area contributed by atoms with Crippen LogP contribution in [0.3, 0.4) is 0 Å². The topological polar surface area (TPSA) is 86.3 Å². The third-order valence-electron chi connectivity index (χ3n) is 5.13. The fourth-order valence-electron chi connectivity index (χ4n) is 3.64. The van der Waals surface area contributed by atoms with Gasteiger partial charge in [0.05, 0.1) is 29.5 Å². The number of benzene rings is 2. The minimum Gasteiger partial charge on any atom is -0.460 e. The molecule has 4 rings (SSSR count). The maximum absolute atomic E-state index is 14.6. The number of nitrogens with one attached hydrogen (secondary N) is 1. The fourth-order valence-corrected chi connectivity index (χ4v) is 3.64. The molecular weight excluding hydrogens is 426 g/mol. The number of rotatable bonds is 6. The molecule has 2 aromatic carbocycles. The number of anilines is 1. The summed E-state index contributed by atoms with van der Waals surface area (Å²) in [5.41, 5.74) is -0.0341. The van der Waals surface area contributed by atoms with Crippen LogP contribution in [-0.2, 0) is 14.3 Å². The van der Waals surface area contributed by atoms with Crippen LogP contribution in [0.5, 0.6) is 11.5 Å². The number of esters is 1. The smallest absolute Gasteiger partial charge is 0.338 e. The van der Waals surface area contributed by atoms with E-state index in [9.17, 15) is 18.4 Å². The van der Waals surface area contributed by atoms with Crippen LogP contribution in [0, 0.1) is 11.6 Å². The van der Waals surface area contributed by atoms with E-state index in [1.165, 1.54) is 25.0 Å². The lowest BCUT2D eigenvalue weighted by Gasteiger charge is -2.35. The van der Waals surface area contributed by atoms with Gasteiger partial charge in [0.15, 0.2) is 11.5 Å². The predicted octanol–water partition coefficient (Wildman–Crippen LogP) is 3.43. The van der Waals surface area contributed by atoms with Gasteiger partial charge in [0.1, 0.15) is 18.2 Å². The van der Waals surface area contributed by atoms with Crippen LogP contribution in [0.25, 0.3) is 0 Å². The Hall–Kier alpha value is -3.66. The van der Waals surface area contributed by atoms with Gasteiger partial charge >= 0.3 is 12.0 Å². The van der Waals surface area contributed by atoms with Crippen molar-refractivity contribution in [1.82, 2.24) is 5.32 Å². The lowest BCUT2D eigenvalue weighted by Crippen LogP contribution is -2.48. The standard InChI is InChI=1S/C22H20F2N2O6/c1-12-18(21(27)30-9-8-29-2)20(19-14(23)4-3-5-15(19)24)25-22(28)26(12)13-6-7-16-17(10-13)32-11-31-16/h3-7,10,20H,8-9,11H2,1-2H3,(H,25,28)/t20-/m0/s1. The predicted molar refractivity (Wildman–Crippen MR) is 108 cm³/mol. The Morgan fingerprint density at radius 2 is 1.88 bits per heavy atom. The Bertz CT molecular complexity index is 1080. The maximum atomic E-state index is 14.6. The second kappa shape index (κ2) is 8.83. The average Bonchev–Trinajstić information content (AvgIpc) is 3.21. The van der Waals surface area contributed by atoms with E-state index >= 15 is 0 Å². The molecule has 0 saturated carbocycles. The Labute approximate surface area is 182 Å². The summed E-state index contributed by atoms with van der Waals surface area (Å²) in [5.74, 6) is -1.70. The van der Waals surface area contributed by atoms with Gasteiger partial charge in [-0.25, -0.2) is 18.4 Å². The van der Waals surface area contributed by atoms with Crippen molar-refractivity contribution in [2.24, 2.45) is 0 Å². The first-order chi connectivity index (χ1) is 15.4. The monoisotopic (exact) mass is 446 g/mol. The SMILES string of the molecule is COCCOC(=O)C1=C(C)N(c2ccc3c(c2)OCO3)C(=O)N[C@@H]1c1c(F)cccc1F. The van der Waals surface area contributed by atoms with Crippen LogP contribution < -0.4 is 19.7 Å². The van der Waals surface area contributed by atoms with E-state index < -0.39 is 35.2 Å². The molecule has 0 aliphatic carbocycles. The largest absolute Gasteiger partial charge is 0.460 e. The van der Waals surface area contributed by atoms with E-state index in [1.807, 2.05) is 0 Å². The molecule has 2 heterocycles. The van der Waals surface area contributed by atoms with Crippen LogP contribution >= 0.6 is 0 Å². The van der Waals surface area contributed by atoms with E-state index in [0.717, 1.165) is 12.1 Å². The van der Waals surface area contributed by atoms with E-state index in [4.69, 9.17) is 18.9 Å². The minimum absolute atomic E-state index is 0.0471. The molecule has 0 radical (unpaired) electrons. The summed E-state index contributed by atoms with van der Waals surface area (Å²) in [5, 5.41) is 2.53. The highest BCUT2D eigenvalue weighted by Crippen LogP contribution is 2.40. The molecule has 0 aromatic heterocycles. The molecule has 1 atom stereocenters. The number of fused-ring (bicyclic) bond motifs is 1. The molecule has 2 aliphatic heterocycles. The van der Waals surface area contributed by atoms with Gasteiger partial charge in [0.25, 0.3) is 0 Å². The minimum atomic E-state index is -1.39. The van der Waals surface area contributed by atoms with Crippen molar-refractivity contribution in [3.8, 4) is 11.5 Å². The van der Waals surface area contributed by atoms with Crippen molar-refractivity contribution in [1.29, 1.82) is 0 Å². The molecule has 0 fully saturated rings. The molecule has 0 unspecified atom stereocenters. The molecule has 2 amide bonds. The number of carbonyl (C=O) groups excluding carboxylic acids is 2. The average molecular weight is 446 g/mol. The van der Waals surface area contributed by atoms with Gasteiger partial charge in [0, 0.05) is 18.9 Å². The molecule has 32 heavy (non-hydrogen) atoms. The summed E-state index contributed by atoms with van der Waals surface area (Å²) in [6, 6.07) is 6.04. The van der Waals surface area contributed by atoms with Crippen LogP contribution in [0.4, 0.5) is 19.3 Å². The molecule has 0 saturated heterocycles. The van der Waals surface area contributed by atoms with Crippen molar-refractivity contribution >= 4 is 17.7 Å². The number of ether oxygens (including phenoxy) is 4. The Balaban J connectivity index is 1.81. The number of allylic oxidation sites excluding steroid dienone is 1. The third kappa shape index (κ3) is 3.84. The number of halogens is 2. The van der Waals surface area contributed by atoms with Crippen molar-refractivity contribution in [2.45, 2.75) is 13.0 Å². The van der Waals surface area contributed by atoms with Gasteiger partial charge in [-0.2, -0.15) is 0 Å². The number of amides is 2. The van der Waals surface area contributed by atoms with Gasteiger partial charge in [-0.1, -0.05) is 6.07 Å². The van der Waals surface area contributed by atoms with Crippen molar-refractivity contribution in [3.05, 3.63) is 64.9 Å². The normalized spacial score (nSPS) is 17.4. The molecule has 2 aromatic rings. The maximum Gasteiger partial charge on any atom is 0.338 e. The molecule has 168 valence electrons. The molecule has 1 N–H and O–H groups in total. The van der Waals surface area contributed by atoms with E-state index in [1.54, 1.807) is 18.2 Å². The summed E-state index contributed by atoms with van der Waals surface area (Å²) < 4.78 is 49.9. The van der Waals surface area contributed by atoms with Gasteiger partial charge < -0.3 is 24.3 Å². The van der Waals surface area contributed by atoms with E-state index in [0.29, 0.717) is 17.2 Å². The first-order valence-electron chi connectivity index (χ1n) is 9.73. The number of hydrogen-bond donors (Lipinski definition) is 1. The summed E-state index contributed by atoms with van der Waals surface area (Å²) in [4.78, 5) is 27.2. The van der Waals surface area contributed by atoms with Crippen LogP contribution in [0.2, 0.25) is 0 Å². The molecule has 2 aliphatic rings. The Morgan fingerprint density at radius 3 is 2.59 bits per heavy atom. The number of hydrogen-bond acceptors (Lipinski definition) is 6. The summed E-state index contributed by atoms with van der Waals surface area (Å²) in [6.07, 6.45) is 0. The van der Waals surface area contributed by atoms with E-state index in [-0.39, 0.29) is 31.3 Å². The number of nitrogens with zero attached hydrogens (tertiary/aromatic N) is 1. The second-order valence-corrected chi connectivity index (χ2v) is 7.02. The molecule has 0 spiro atoms. The molecule has 0 bridgehead atoms. The highest BCUT2D eigenvalue weighted by Gasteiger charge is 2.40. The second-order valence-electron chi connectivity index (χ2n) is 7.02. The summed E-state index contributed by atoms with van der Waals surface area (Å²) >= 11 is 0. The lowest BCUT2D eigenvalue weighted by atomic mass is 9.93. The lowest BCUT2D eigenvalue weighted by molar-refractivity contribution is -0.140. The number of methoxy groups -OCH3 is 1. The zero-order chi connectivity index (χ0) is 22.8. The van der Waals surface area contributed by atoms with Crippen molar-refractivity contribution in [3.63, 3.8) is 0 Å². The van der Waals surface area contributed by atoms with E-state index in [2.05, 4.69) is 5.32 Å². The highest BCUT2D eigenvalue weighted by atomic mass is 19.1. The molecular formula is C22H20F2N2O6. The van der Waals surface area contributed by atoms with Gasteiger partial charge in [-0.05, 0) is 31.2 Å². The number of carbonyl (C=O) groups is 2. The first-order valence-corrected chi connectivity index (χ1v) is 9.73. The highest BCUT2D eigenvalue weighted by molar-refractivity contribution is 6.03. The van der Waals surface area contributed by atoms with Crippen LogP contribution in [0.15, 0.2) is 47.7 Å². The zero-order valence-electron chi connectivity index (χ0n) is 17.3. The van der Waals surface area contributed by atoms with Gasteiger partial charge in [0.2, 0.25) is 6.79 Å². The first kappa shape index (κ1) is 21.6. The third-order valence-corrected chi connectivity index (χ3v) is 5.13. The molecule has 8 nitrogen and oxygen atoms in total. The number of urea groups is 1. The Kier molecular flexibility index (Phi) is 5.95. The Morgan fingerprint density at radius 1 is 1.16 bits per heavy atom. The molecule has 10 heteroatoms.